The van der Waals surface area contributed by atoms with E-state index < -0.39 is 0 Å². The van der Waals surface area contributed by atoms with Crippen molar-refractivity contribution in [1.82, 2.24) is 5.32 Å². The van der Waals surface area contributed by atoms with Gasteiger partial charge in [0, 0.05) is 19.7 Å². The lowest BCUT2D eigenvalue weighted by Crippen LogP contribution is -2.30. The third kappa shape index (κ3) is 3.91. The van der Waals surface area contributed by atoms with Crippen molar-refractivity contribution in [1.29, 1.82) is 0 Å². The van der Waals surface area contributed by atoms with Gasteiger partial charge in [-0.3, -0.25) is 0 Å². The Morgan fingerprint density at radius 2 is 1.94 bits per heavy atom. The van der Waals surface area contributed by atoms with Gasteiger partial charge >= 0.3 is 0 Å². The van der Waals surface area contributed by atoms with E-state index in [1.165, 1.54) is 12.1 Å². The van der Waals surface area contributed by atoms with Gasteiger partial charge in [0.05, 0.1) is 6.10 Å². The Balaban J connectivity index is 2.57. The van der Waals surface area contributed by atoms with E-state index in [-0.39, 0.29) is 11.9 Å². The fourth-order valence-electron chi connectivity index (χ4n) is 1.47. The molecule has 0 radical (unpaired) electrons. The first-order chi connectivity index (χ1) is 7.67. The standard InChI is InChI=1S/C13H20FNO/c1-4-10(2)15-9-13(16-3)11-5-7-12(14)8-6-11/h5-8,10,13,15H,4,9H2,1-3H3. The highest BCUT2D eigenvalue weighted by atomic mass is 19.1. The van der Waals surface area contributed by atoms with E-state index in [1.54, 1.807) is 19.2 Å². The van der Waals surface area contributed by atoms with E-state index in [2.05, 4.69) is 19.2 Å². The minimum atomic E-state index is -0.214. The first kappa shape index (κ1) is 13.1. The van der Waals surface area contributed by atoms with Crippen LogP contribution in [0.2, 0.25) is 0 Å². The predicted octanol–water partition coefficient (Wildman–Crippen LogP) is 2.90. The molecule has 1 aromatic rings. The second kappa shape index (κ2) is 6.61. The Hall–Kier alpha value is -0.930. The highest BCUT2D eigenvalue weighted by Crippen LogP contribution is 2.16. The monoisotopic (exact) mass is 225 g/mol. The molecule has 2 nitrogen and oxygen atoms in total. The summed E-state index contributed by atoms with van der Waals surface area (Å²) in [6.07, 6.45) is 1.06. The number of halogens is 1. The lowest BCUT2D eigenvalue weighted by molar-refractivity contribution is 0.0997. The number of hydrogen-bond donors (Lipinski definition) is 1. The molecule has 0 fully saturated rings. The summed E-state index contributed by atoms with van der Waals surface area (Å²) in [4.78, 5) is 0. The molecular weight excluding hydrogens is 205 g/mol. The van der Waals surface area contributed by atoms with E-state index in [9.17, 15) is 4.39 Å². The van der Waals surface area contributed by atoms with Crippen molar-refractivity contribution in [2.45, 2.75) is 32.4 Å². The van der Waals surface area contributed by atoms with Crippen molar-refractivity contribution in [2.75, 3.05) is 13.7 Å². The molecule has 0 saturated heterocycles. The maximum Gasteiger partial charge on any atom is 0.123 e. The minimum Gasteiger partial charge on any atom is -0.375 e. The van der Waals surface area contributed by atoms with Crippen LogP contribution in [0.1, 0.15) is 31.9 Å². The first-order valence-electron chi connectivity index (χ1n) is 5.69. The molecule has 0 amide bonds. The maximum atomic E-state index is 12.8. The van der Waals surface area contributed by atoms with Crippen LogP contribution in [-0.2, 0) is 4.74 Å². The summed E-state index contributed by atoms with van der Waals surface area (Å²) < 4.78 is 18.2. The van der Waals surface area contributed by atoms with Gasteiger partial charge in [-0.2, -0.15) is 0 Å². The summed E-state index contributed by atoms with van der Waals surface area (Å²) >= 11 is 0. The van der Waals surface area contributed by atoms with E-state index in [4.69, 9.17) is 4.74 Å². The molecule has 0 heterocycles. The second-order valence-electron chi connectivity index (χ2n) is 3.99. The van der Waals surface area contributed by atoms with E-state index in [1.807, 2.05) is 0 Å². The van der Waals surface area contributed by atoms with Crippen molar-refractivity contribution in [3.63, 3.8) is 0 Å². The molecule has 90 valence electrons. The van der Waals surface area contributed by atoms with Crippen LogP contribution in [0.3, 0.4) is 0 Å². The SMILES string of the molecule is CCC(C)NCC(OC)c1ccc(F)cc1. The smallest absolute Gasteiger partial charge is 0.123 e. The number of ether oxygens (including phenoxy) is 1. The molecule has 2 unspecified atom stereocenters. The zero-order chi connectivity index (χ0) is 12.0. The normalized spacial score (nSPS) is 14.8. The summed E-state index contributed by atoms with van der Waals surface area (Å²) in [5.74, 6) is -0.214. The lowest BCUT2D eigenvalue weighted by Gasteiger charge is -2.19. The summed E-state index contributed by atoms with van der Waals surface area (Å²) in [6, 6.07) is 6.93. The Morgan fingerprint density at radius 3 is 2.44 bits per heavy atom. The largest absolute Gasteiger partial charge is 0.375 e. The van der Waals surface area contributed by atoms with Gasteiger partial charge in [-0.1, -0.05) is 19.1 Å². The third-order valence-electron chi connectivity index (χ3n) is 2.79. The topological polar surface area (TPSA) is 21.3 Å². The van der Waals surface area contributed by atoms with Gasteiger partial charge in [0.1, 0.15) is 5.82 Å². The minimum absolute atomic E-state index is 0.0189. The molecule has 0 aliphatic rings. The molecular formula is C13H20FNO. The highest BCUT2D eigenvalue weighted by molar-refractivity contribution is 5.19. The highest BCUT2D eigenvalue weighted by Gasteiger charge is 2.11. The number of methoxy groups -OCH3 is 1. The Labute approximate surface area is 96.8 Å². The average Bonchev–Trinajstić information content (AvgIpc) is 2.31. The van der Waals surface area contributed by atoms with Crippen molar-refractivity contribution >= 4 is 0 Å². The van der Waals surface area contributed by atoms with E-state index in [0.717, 1.165) is 18.5 Å². The first-order valence-corrected chi connectivity index (χ1v) is 5.69. The van der Waals surface area contributed by atoms with Crippen LogP contribution in [0.15, 0.2) is 24.3 Å². The van der Waals surface area contributed by atoms with Crippen LogP contribution >= 0.6 is 0 Å². The van der Waals surface area contributed by atoms with Gasteiger partial charge in [-0.15, -0.1) is 0 Å². The molecule has 1 N–H and O–H groups in total. The molecule has 0 aliphatic heterocycles. The van der Waals surface area contributed by atoms with Gasteiger partial charge in [0.2, 0.25) is 0 Å². The Morgan fingerprint density at radius 1 is 1.31 bits per heavy atom. The number of rotatable bonds is 6. The molecule has 0 saturated carbocycles. The Kier molecular flexibility index (Phi) is 5.43. The molecule has 1 rings (SSSR count). The summed E-state index contributed by atoms with van der Waals surface area (Å²) in [6.45, 7) is 5.02. The second-order valence-corrected chi connectivity index (χ2v) is 3.99. The maximum absolute atomic E-state index is 12.8. The molecule has 0 spiro atoms. The fraction of sp³-hybridized carbons (Fsp3) is 0.538. The predicted molar refractivity (Wildman–Crippen MR) is 63.9 cm³/mol. The molecule has 3 heteroatoms. The molecule has 0 bridgehead atoms. The fourth-order valence-corrected chi connectivity index (χ4v) is 1.47. The Bertz CT molecular complexity index is 299. The van der Waals surface area contributed by atoms with Crippen LogP contribution in [0.25, 0.3) is 0 Å². The molecule has 1 aromatic carbocycles. The summed E-state index contributed by atoms with van der Waals surface area (Å²) in [5, 5.41) is 3.38. The average molecular weight is 225 g/mol. The van der Waals surface area contributed by atoms with Crippen molar-refractivity contribution in [3.05, 3.63) is 35.6 Å². The van der Waals surface area contributed by atoms with Crippen molar-refractivity contribution in [3.8, 4) is 0 Å². The van der Waals surface area contributed by atoms with Crippen molar-refractivity contribution < 1.29 is 9.13 Å². The molecule has 0 aliphatic carbocycles. The zero-order valence-corrected chi connectivity index (χ0v) is 10.2. The van der Waals surface area contributed by atoms with Crippen molar-refractivity contribution in [2.24, 2.45) is 0 Å². The lowest BCUT2D eigenvalue weighted by atomic mass is 10.1. The number of nitrogens with one attached hydrogen (secondary N) is 1. The van der Waals surface area contributed by atoms with Crippen LogP contribution < -0.4 is 5.32 Å². The van der Waals surface area contributed by atoms with Gasteiger partial charge in [-0.05, 0) is 31.0 Å². The van der Waals surface area contributed by atoms with Gasteiger partial charge in [-0.25, -0.2) is 4.39 Å². The number of hydrogen-bond acceptors (Lipinski definition) is 2. The summed E-state index contributed by atoms with van der Waals surface area (Å²) in [7, 11) is 1.67. The summed E-state index contributed by atoms with van der Waals surface area (Å²) in [5.41, 5.74) is 1.000. The van der Waals surface area contributed by atoms with Crippen LogP contribution in [-0.4, -0.2) is 19.7 Å². The molecule has 16 heavy (non-hydrogen) atoms. The zero-order valence-electron chi connectivity index (χ0n) is 10.2. The number of benzene rings is 1. The molecule has 0 aromatic heterocycles. The van der Waals surface area contributed by atoms with Gasteiger partial charge in [0.25, 0.3) is 0 Å². The third-order valence-corrected chi connectivity index (χ3v) is 2.79. The van der Waals surface area contributed by atoms with E-state index >= 15 is 0 Å². The van der Waals surface area contributed by atoms with Crippen LogP contribution in [0.4, 0.5) is 4.39 Å². The molecule has 2 atom stereocenters. The van der Waals surface area contributed by atoms with Crippen LogP contribution in [0, 0.1) is 5.82 Å². The van der Waals surface area contributed by atoms with Crippen LogP contribution in [0.5, 0.6) is 0 Å². The van der Waals surface area contributed by atoms with Gasteiger partial charge in [0.15, 0.2) is 0 Å². The van der Waals surface area contributed by atoms with Gasteiger partial charge < -0.3 is 10.1 Å². The van der Waals surface area contributed by atoms with E-state index in [0.29, 0.717) is 6.04 Å². The quantitative estimate of drug-likeness (QED) is 0.803.